The average molecular weight is 543 g/mol. The highest BCUT2D eigenvalue weighted by atomic mass is 16.5. The molecule has 1 heterocycles. The Labute approximate surface area is 244 Å². The molecule has 0 aliphatic carbocycles. The van der Waals surface area contributed by atoms with Gasteiger partial charge in [-0.15, -0.1) is 0 Å². The molecule has 39 heavy (non-hydrogen) atoms. The molecule has 0 bridgehead atoms. The second-order valence-electron chi connectivity index (χ2n) is 12.1. The average Bonchev–Trinajstić information content (AvgIpc) is 3.26. The van der Waals surface area contributed by atoms with Gasteiger partial charge in [0.05, 0.1) is 0 Å². The number of allylic oxidation sites excluding steroid dienone is 4. The Hall–Kier alpha value is -1.31. The van der Waals surface area contributed by atoms with Crippen LogP contribution in [0.1, 0.15) is 187 Å². The van der Waals surface area contributed by atoms with Crippen LogP contribution in [0.5, 0.6) is 0 Å². The van der Waals surface area contributed by atoms with Crippen LogP contribution in [0.4, 0.5) is 0 Å². The van der Waals surface area contributed by atoms with Crippen LogP contribution in [0, 0.1) is 0 Å². The van der Waals surface area contributed by atoms with Crippen molar-refractivity contribution in [3.63, 3.8) is 0 Å². The van der Waals surface area contributed by atoms with Gasteiger partial charge >= 0.3 is 5.97 Å². The smallest absolute Gasteiger partial charge is 0.334 e. The largest absolute Gasteiger partial charge is 0.455 e. The maximum Gasteiger partial charge on any atom is 0.334 e. The van der Waals surface area contributed by atoms with Crippen LogP contribution in [0.3, 0.4) is 0 Å². The Morgan fingerprint density at radius 3 is 1.28 bits per heavy atom. The van der Waals surface area contributed by atoms with Gasteiger partial charge in [0, 0.05) is 5.57 Å². The predicted molar refractivity (Wildman–Crippen MR) is 172 cm³/mol. The van der Waals surface area contributed by atoms with Gasteiger partial charge in [0.1, 0.15) is 6.10 Å². The minimum absolute atomic E-state index is 0.0206. The van der Waals surface area contributed by atoms with Gasteiger partial charge < -0.3 is 4.74 Å². The SMILES string of the molecule is CCCCCCCCCCCCCCCC/C=C/CC/C=C/CCCCCCCCCCC1=CC(C)OC1=O. The Morgan fingerprint density at radius 1 is 0.538 bits per heavy atom. The predicted octanol–water partition coefficient (Wildman–Crippen LogP) is 12.5. The van der Waals surface area contributed by atoms with Gasteiger partial charge in [-0.05, 0) is 64.4 Å². The number of hydrogen-bond donors (Lipinski definition) is 0. The van der Waals surface area contributed by atoms with Crippen molar-refractivity contribution in [1.29, 1.82) is 0 Å². The first kappa shape index (κ1) is 35.7. The number of hydrogen-bond acceptors (Lipinski definition) is 2. The summed E-state index contributed by atoms with van der Waals surface area (Å²) in [6.45, 7) is 4.23. The minimum atomic E-state index is -0.0941. The fraction of sp³-hybridized carbons (Fsp3) is 0.811. The van der Waals surface area contributed by atoms with Gasteiger partial charge in [-0.1, -0.05) is 153 Å². The Bertz CT molecular complexity index is 629. The molecule has 1 aliphatic heterocycles. The third kappa shape index (κ3) is 24.2. The second kappa shape index (κ2) is 28.2. The normalized spacial score (nSPS) is 15.6. The monoisotopic (exact) mass is 543 g/mol. The number of unbranched alkanes of at least 4 members (excludes halogenated alkanes) is 23. The van der Waals surface area contributed by atoms with Gasteiger partial charge in [-0.2, -0.15) is 0 Å². The Morgan fingerprint density at radius 2 is 0.897 bits per heavy atom. The van der Waals surface area contributed by atoms with Crippen LogP contribution in [0.25, 0.3) is 0 Å². The molecule has 226 valence electrons. The number of esters is 1. The summed E-state index contributed by atoms with van der Waals surface area (Å²) in [5, 5.41) is 0. The van der Waals surface area contributed by atoms with E-state index < -0.39 is 0 Å². The Balaban J connectivity index is 1.71. The third-order valence-electron chi connectivity index (χ3n) is 8.12. The molecule has 0 aromatic rings. The lowest BCUT2D eigenvalue weighted by Crippen LogP contribution is -2.03. The van der Waals surface area contributed by atoms with Crippen molar-refractivity contribution in [2.45, 2.75) is 193 Å². The van der Waals surface area contributed by atoms with E-state index in [1.807, 2.05) is 13.0 Å². The number of cyclic esters (lactones) is 1. The molecule has 1 rings (SSSR count). The highest BCUT2D eigenvalue weighted by molar-refractivity contribution is 5.90. The quantitative estimate of drug-likeness (QED) is 0.0533. The van der Waals surface area contributed by atoms with Crippen LogP contribution in [-0.2, 0) is 9.53 Å². The lowest BCUT2D eigenvalue weighted by molar-refractivity contribution is -0.139. The summed E-state index contributed by atoms with van der Waals surface area (Å²) < 4.78 is 5.15. The van der Waals surface area contributed by atoms with E-state index in [0.717, 1.165) is 18.4 Å². The summed E-state index contributed by atoms with van der Waals surface area (Å²) in [6, 6.07) is 0. The van der Waals surface area contributed by atoms with Crippen molar-refractivity contribution in [3.8, 4) is 0 Å². The minimum Gasteiger partial charge on any atom is -0.455 e. The van der Waals surface area contributed by atoms with Gasteiger partial charge in [0.15, 0.2) is 0 Å². The van der Waals surface area contributed by atoms with Gasteiger partial charge in [0.25, 0.3) is 0 Å². The van der Waals surface area contributed by atoms with Crippen molar-refractivity contribution < 1.29 is 9.53 Å². The summed E-state index contributed by atoms with van der Waals surface area (Å²) in [5.74, 6) is -0.0941. The molecule has 0 amide bonds. The molecular formula is C37H66O2. The standard InChI is InChI=1S/C37H66O2/c1-3-4-5-6-7-8-9-10-11-12-13-14-15-16-17-18-19-20-21-22-23-24-25-26-27-28-29-30-31-32-33-36-34-35(2)39-37(36)38/h18-19,22-23,34-35H,3-17,20-21,24-33H2,1-2H3/b19-18+,23-22+. The van der Waals surface area contributed by atoms with E-state index in [2.05, 4.69) is 31.2 Å². The van der Waals surface area contributed by atoms with Crippen LogP contribution >= 0.6 is 0 Å². The molecule has 1 aliphatic rings. The molecule has 0 aromatic heterocycles. The maximum absolute atomic E-state index is 11.6. The van der Waals surface area contributed by atoms with E-state index in [1.165, 1.54) is 161 Å². The van der Waals surface area contributed by atoms with Crippen molar-refractivity contribution in [3.05, 3.63) is 36.0 Å². The number of ether oxygens (including phenoxy) is 1. The highest BCUT2D eigenvalue weighted by Gasteiger charge is 2.21. The molecule has 1 unspecified atom stereocenters. The van der Waals surface area contributed by atoms with Crippen LogP contribution in [-0.4, -0.2) is 12.1 Å². The molecule has 0 aromatic carbocycles. The van der Waals surface area contributed by atoms with Gasteiger partial charge in [-0.25, -0.2) is 4.79 Å². The zero-order chi connectivity index (χ0) is 28.1. The number of rotatable bonds is 29. The summed E-state index contributed by atoms with van der Waals surface area (Å²) in [5.41, 5.74) is 0.895. The van der Waals surface area contributed by atoms with E-state index in [9.17, 15) is 4.79 Å². The lowest BCUT2D eigenvalue weighted by atomic mass is 10.0. The van der Waals surface area contributed by atoms with Crippen molar-refractivity contribution in [2.75, 3.05) is 0 Å². The van der Waals surface area contributed by atoms with E-state index >= 15 is 0 Å². The molecule has 0 fully saturated rings. The van der Waals surface area contributed by atoms with Crippen molar-refractivity contribution in [1.82, 2.24) is 0 Å². The first-order chi connectivity index (χ1) is 19.2. The molecule has 0 saturated carbocycles. The first-order valence-corrected chi connectivity index (χ1v) is 17.5. The summed E-state index contributed by atoms with van der Waals surface area (Å²) >= 11 is 0. The fourth-order valence-electron chi connectivity index (χ4n) is 5.57. The van der Waals surface area contributed by atoms with Gasteiger partial charge in [-0.3, -0.25) is 0 Å². The highest BCUT2D eigenvalue weighted by Crippen LogP contribution is 2.20. The molecular weight excluding hydrogens is 476 g/mol. The number of carbonyl (C=O) groups excluding carboxylic acids is 1. The van der Waals surface area contributed by atoms with Crippen LogP contribution in [0.15, 0.2) is 36.0 Å². The van der Waals surface area contributed by atoms with E-state index in [0.29, 0.717) is 0 Å². The first-order valence-electron chi connectivity index (χ1n) is 17.5. The van der Waals surface area contributed by atoms with Crippen molar-refractivity contribution in [2.24, 2.45) is 0 Å². The lowest BCUT2D eigenvalue weighted by Gasteiger charge is -2.02. The summed E-state index contributed by atoms with van der Waals surface area (Å²) in [6.07, 6.45) is 47.9. The van der Waals surface area contributed by atoms with Crippen molar-refractivity contribution >= 4 is 5.97 Å². The molecule has 0 N–H and O–H groups in total. The third-order valence-corrected chi connectivity index (χ3v) is 8.12. The number of carbonyl (C=O) groups is 1. The van der Waals surface area contributed by atoms with Crippen LogP contribution in [0.2, 0.25) is 0 Å². The molecule has 2 nitrogen and oxygen atoms in total. The molecule has 0 saturated heterocycles. The summed E-state index contributed by atoms with van der Waals surface area (Å²) in [4.78, 5) is 11.6. The topological polar surface area (TPSA) is 26.3 Å². The van der Waals surface area contributed by atoms with Crippen LogP contribution < -0.4 is 0 Å². The summed E-state index contributed by atoms with van der Waals surface area (Å²) in [7, 11) is 0. The Kier molecular flexibility index (Phi) is 25.9. The van der Waals surface area contributed by atoms with E-state index in [4.69, 9.17) is 4.74 Å². The van der Waals surface area contributed by atoms with Gasteiger partial charge in [0.2, 0.25) is 0 Å². The maximum atomic E-state index is 11.6. The molecule has 0 spiro atoms. The fourth-order valence-corrected chi connectivity index (χ4v) is 5.57. The molecule has 1 atom stereocenters. The molecule has 2 heteroatoms. The second-order valence-corrected chi connectivity index (χ2v) is 12.1. The zero-order valence-corrected chi connectivity index (χ0v) is 26.4. The molecule has 0 radical (unpaired) electrons. The van der Waals surface area contributed by atoms with E-state index in [1.54, 1.807) is 0 Å². The van der Waals surface area contributed by atoms with E-state index in [-0.39, 0.29) is 12.1 Å². The zero-order valence-electron chi connectivity index (χ0n) is 26.4.